The lowest BCUT2D eigenvalue weighted by molar-refractivity contribution is -0.133. The minimum atomic E-state index is -0.122. The van der Waals surface area contributed by atoms with Crippen molar-refractivity contribution in [3.8, 4) is 5.75 Å². The maximum atomic E-state index is 13.5. The number of rotatable bonds is 11. The van der Waals surface area contributed by atoms with E-state index < -0.39 is 0 Å². The Morgan fingerprint density at radius 2 is 1.39 bits per heavy atom. The molecular formula is C28H33NO2. The number of nitrogens with zero attached hydrogens (tertiary/aromatic N) is 1. The summed E-state index contributed by atoms with van der Waals surface area (Å²) in [6, 6.07) is 28.6. The van der Waals surface area contributed by atoms with Crippen LogP contribution in [0.2, 0.25) is 0 Å². The maximum absolute atomic E-state index is 13.5. The Morgan fingerprint density at radius 3 is 1.90 bits per heavy atom. The van der Waals surface area contributed by atoms with Gasteiger partial charge in [0.05, 0.1) is 13.2 Å². The van der Waals surface area contributed by atoms with Crippen LogP contribution in [0.1, 0.15) is 61.8 Å². The van der Waals surface area contributed by atoms with Crippen molar-refractivity contribution in [3.05, 3.63) is 102 Å². The summed E-state index contributed by atoms with van der Waals surface area (Å²) in [4.78, 5) is 15.6. The molecule has 0 radical (unpaired) electrons. The number of unbranched alkanes of at least 4 members (excludes halogenated alkanes) is 3. The molecule has 0 unspecified atom stereocenters. The summed E-state index contributed by atoms with van der Waals surface area (Å²) >= 11 is 0. The highest BCUT2D eigenvalue weighted by molar-refractivity contribution is 5.77. The van der Waals surface area contributed by atoms with E-state index in [0.717, 1.165) is 35.3 Å². The maximum Gasteiger partial charge on any atom is 0.223 e. The van der Waals surface area contributed by atoms with E-state index in [1.165, 1.54) is 12.8 Å². The zero-order chi connectivity index (χ0) is 21.9. The predicted molar refractivity (Wildman–Crippen MR) is 127 cm³/mol. The molecule has 31 heavy (non-hydrogen) atoms. The molecule has 0 bridgehead atoms. The minimum absolute atomic E-state index is 0.122. The monoisotopic (exact) mass is 415 g/mol. The number of benzene rings is 3. The third-order valence-corrected chi connectivity index (χ3v) is 5.62. The van der Waals surface area contributed by atoms with Gasteiger partial charge in [0.25, 0.3) is 0 Å². The second-order valence-corrected chi connectivity index (χ2v) is 7.90. The van der Waals surface area contributed by atoms with E-state index in [-0.39, 0.29) is 11.9 Å². The molecule has 0 aromatic heterocycles. The average molecular weight is 416 g/mol. The Morgan fingerprint density at radius 1 is 0.806 bits per heavy atom. The van der Waals surface area contributed by atoms with Gasteiger partial charge in [0.1, 0.15) is 5.75 Å². The van der Waals surface area contributed by atoms with Gasteiger partial charge in [-0.15, -0.1) is 0 Å². The molecule has 0 N–H and O–H groups in total. The van der Waals surface area contributed by atoms with Crippen molar-refractivity contribution in [1.82, 2.24) is 4.90 Å². The quantitative estimate of drug-likeness (QED) is 0.323. The molecule has 3 heteroatoms. The highest BCUT2D eigenvalue weighted by Gasteiger charge is 2.26. The van der Waals surface area contributed by atoms with E-state index in [2.05, 4.69) is 31.2 Å². The van der Waals surface area contributed by atoms with Crippen LogP contribution in [0.25, 0.3) is 0 Å². The second-order valence-electron chi connectivity index (χ2n) is 7.90. The first-order valence-corrected chi connectivity index (χ1v) is 11.2. The van der Waals surface area contributed by atoms with Gasteiger partial charge < -0.3 is 9.64 Å². The van der Waals surface area contributed by atoms with Gasteiger partial charge in [-0.1, -0.05) is 99.0 Å². The Labute approximate surface area is 186 Å². The molecule has 3 rings (SSSR count). The SMILES string of the molecule is CCCCCCC(=O)N(Cc1ccc(OC)cc1)C(c1ccccc1)c1ccccc1. The lowest BCUT2D eigenvalue weighted by Gasteiger charge is -2.33. The molecule has 0 saturated heterocycles. The largest absolute Gasteiger partial charge is 0.497 e. The number of ether oxygens (including phenoxy) is 1. The lowest BCUT2D eigenvalue weighted by Crippen LogP contribution is -2.35. The van der Waals surface area contributed by atoms with Crippen molar-refractivity contribution in [3.63, 3.8) is 0 Å². The Kier molecular flexibility index (Phi) is 8.71. The highest BCUT2D eigenvalue weighted by Crippen LogP contribution is 2.31. The van der Waals surface area contributed by atoms with Gasteiger partial charge in [-0.25, -0.2) is 0 Å². The van der Waals surface area contributed by atoms with Crippen LogP contribution in [-0.2, 0) is 11.3 Å². The van der Waals surface area contributed by atoms with Gasteiger partial charge in [0.2, 0.25) is 5.91 Å². The molecule has 162 valence electrons. The van der Waals surface area contributed by atoms with Crippen molar-refractivity contribution in [1.29, 1.82) is 0 Å². The fourth-order valence-electron chi connectivity index (χ4n) is 3.92. The second kappa shape index (κ2) is 11.9. The van der Waals surface area contributed by atoms with E-state index in [9.17, 15) is 4.79 Å². The molecule has 0 aliphatic carbocycles. The number of carbonyl (C=O) groups excluding carboxylic acids is 1. The number of hydrogen-bond donors (Lipinski definition) is 0. The topological polar surface area (TPSA) is 29.5 Å². The van der Waals surface area contributed by atoms with Crippen LogP contribution in [0.15, 0.2) is 84.9 Å². The minimum Gasteiger partial charge on any atom is -0.497 e. The molecule has 0 heterocycles. The fraction of sp³-hybridized carbons (Fsp3) is 0.321. The van der Waals surface area contributed by atoms with Gasteiger partial charge in [-0.2, -0.15) is 0 Å². The first-order chi connectivity index (χ1) is 15.2. The molecule has 3 nitrogen and oxygen atoms in total. The summed E-state index contributed by atoms with van der Waals surface area (Å²) in [5.74, 6) is 1.02. The summed E-state index contributed by atoms with van der Waals surface area (Å²) in [5, 5.41) is 0. The average Bonchev–Trinajstić information content (AvgIpc) is 2.83. The van der Waals surface area contributed by atoms with E-state index in [1.807, 2.05) is 65.6 Å². The number of carbonyl (C=O) groups is 1. The lowest BCUT2D eigenvalue weighted by atomic mass is 9.95. The summed E-state index contributed by atoms with van der Waals surface area (Å²) < 4.78 is 5.30. The van der Waals surface area contributed by atoms with Crippen molar-refractivity contribution in [2.75, 3.05) is 7.11 Å². The van der Waals surface area contributed by atoms with Crippen LogP contribution in [-0.4, -0.2) is 17.9 Å². The number of methoxy groups -OCH3 is 1. The smallest absolute Gasteiger partial charge is 0.223 e. The van der Waals surface area contributed by atoms with Crippen molar-refractivity contribution in [2.24, 2.45) is 0 Å². The standard InChI is InChI=1S/C28H33NO2/c1-3-4-5-12-17-27(30)29(22-23-18-20-26(31-2)21-19-23)28(24-13-8-6-9-14-24)25-15-10-7-11-16-25/h6-11,13-16,18-21,28H,3-5,12,17,22H2,1-2H3. The summed E-state index contributed by atoms with van der Waals surface area (Å²) in [7, 11) is 1.67. The molecular weight excluding hydrogens is 382 g/mol. The van der Waals surface area contributed by atoms with Crippen molar-refractivity contribution >= 4 is 5.91 Å². The first kappa shape index (κ1) is 22.6. The third kappa shape index (κ3) is 6.45. The van der Waals surface area contributed by atoms with Crippen LogP contribution in [0, 0.1) is 0 Å². The number of amides is 1. The van der Waals surface area contributed by atoms with Gasteiger partial charge >= 0.3 is 0 Å². The predicted octanol–water partition coefficient (Wildman–Crippen LogP) is 6.78. The van der Waals surface area contributed by atoms with E-state index in [1.54, 1.807) is 7.11 Å². The zero-order valence-electron chi connectivity index (χ0n) is 18.7. The van der Waals surface area contributed by atoms with Gasteiger partial charge in [0, 0.05) is 13.0 Å². The Hall–Kier alpha value is -3.07. The fourth-order valence-corrected chi connectivity index (χ4v) is 3.92. The van der Waals surface area contributed by atoms with E-state index in [4.69, 9.17) is 4.74 Å². The molecule has 3 aromatic carbocycles. The van der Waals surface area contributed by atoms with Crippen LogP contribution in [0.4, 0.5) is 0 Å². The van der Waals surface area contributed by atoms with E-state index in [0.29, 0.717) is 13.0 Å². The van der Waals surface area contributed by atoms with E-state index >= 15 is 0 Å². The molecule has 0 aliphatic heterocycles. The highest BCUT2D eigenvalue weighted by atomic mass is 16.5. The normalized spacial score (nSPS) is 10.8. The molecule has 0 atom stereocenters. The molecule has 0 spiro atoms. The summed E-state index contributed by atoms with van der Waals surface area (Å²) in [6.07, 6.45) is 4.95. The number of hydrogen-bond acceptors (Lipinski definition) is 2. The van der Waals surface area contributed by atoms with Crippen LogP contribution in [0.3, 0.4) is 0 Å². The zero-order valence-corrected chi connectivity index (χ0v) is 18.7. The molecule has 0 saturated carbocycles. The molecule has 0 fully saturated rings. The van der Waals surface area contributed by atoms with Crippen molar-refractivity contribution < 1.29 is 9.53 Å². The summed E-state index contributed by atoms with van der Waals surface area (Å²) in [6.45, 7) is 2.75. The van der Waals surface area contributed by atoms with Crippen molar-refractivity contribution in [2.45, 2.75) is 51.6 Å². The molecule has 3 aromatic rings. The molecule has 1 amide bonds. The van der Waals surface area contributed by atoms with Crippen LogP contribution in [0.5, 0.6) is 5.75 Å². The van der Waals surface area contributed by atoms with Gasteiger partial charge in [0.15, 0.2) is 0 Å². The Bertz CT molecular complexity index is 867. The van der Waals surface area contributed by atoms with Crippen LogP contribution >= 0.6 is 0 Å². The molecule has 0 aliphatic rings. The van der Waals surface area contributed by atoms with Gasteiger partial charge in [-0.3, -0.25) is 4.79 Å². The van der Waals surface area contributed by atoms with Gasteiger partial charge in [-0.05, 0) is 35.2 Å². The first-order valence-electron chi connectivity index (χ1n) is 11.2. The third-order valence-electron chi connectivity index (χ3n) is 5.62. The summed E-state index contributed by atoms with van der Waals surface area (Å²) in [5.41, 5.74) is 3.35. The van der Waals surface area contributed by atoms with Crippen LogP contribution < -0.4 is 4.74 Å². The Balaban J connectivity index is 1.94.